The molecule has 1 unspecified atom stereocenters. The summed E-state index contributed by atoms with van der Waals surface area (Å²) in [5, 5.41) is 10.7. The van der Waals surface area contributed by atoms with Gasteiger partial charge in [0.15, 0.2) is 4.90 Å². The van der Waals surface area contributed by atoms with Gasteiger partial charge in [-0.05, 0) is 60.9 Å². The van der Waals surface area contributed by atoms with E-state index in [0.29, 0.717) is 17.2 Å². The number of benzene rings is 2. The second-order valence-electron chi connectivity index (χ2n) is 8.97. The van der Waals surface area contributed by atoms with Crippen molar-refractivity contribution in [3.8, 4) is 17.0 Å². The average Bonchev–Trinajstić information content (AvgIpc) is 2.92. The molecule has 0 aliphatic rings. The van der Waals surface area contributed by atoms with Gasteiger partial charge in [-0.25, -0.2) is 22.2 Å². The minimum atomic E-state index is -4.69. The number of aromatic hydroxyl groups is 1. The molecule has 0 aliphatic heterocycles. The number of ether oxygens (including phenoxy) is 2. The standard InChI is InChI=1S/C28H26F3N3O6S/c1-4-40-15-24-33-27(35)25(28(36)34(24)23(14-39-3)18-11-19(29)13-20(30)12-18)41(37,38)21-7-5-17(6-8-21)22-9-10-32-26(31)16(22)2/h5-13,23,35H,4,14-15H2,1-3H3. The summed E-state index contributed by atoms with van der Waals surface area (Å²) >= 11 is 0. The van der Waals surface area contributed by atoms with Crippen molar-refractivity contribution < 1.29 is 36.2 Å². The first-order valence-electron chi connectivity index (χ1n) is 12.3. The Kier molecular flexibility index (Phi) is 8.90. The number of hydrogen-bond acceptors (Lipinski definition) is 8. The van der Waals surface area contributed by atoms with Crippen molar-refractivity contribution in [3.63, 3.8) is 0 Å². The molecule has 2 aromatic heterocycles. The van der Waals surface area contributed by atoms with Crippen molar-refractivity contribution in [2.75, 3.05) is 20.3 Å². The minimum Gasteiger partial charge on any atom is -0.492 e. The van der Waals surface area contributed by atoms with E-state index in [1.807, 2.05) is 0 Å². The van der Waals surface area contributed by atoms with E-state index in [2.05, 4.69) is 9.97 Å². The van der Waals surface area contributed by atoms with Crippen LogP contribution in [0.5, 0.6) is 5.88 Å². The van der Waals surface area contributed by atoms with Crippen LogP contribution in [0, 0.1) is 24.5 Å². The largest absolute Gasteiger partial charge is 0.492 e. The monoisotopic (exact) mass is 589 g/mol. The van der Waals surface area contributed by atoms with Gasteiger partial charge in [-0.2, -0.15) is 9.37 Å². The third kappa shape index (κ3) is 6.01. The molecule has 1 atom stereocenters. The van der Waals surface area contributed by atoms with Crippen LogP contribution in [0.4, 0.5) is 13.2 Å². The van der Waals surface area contributed by atoms with Gasteiger partial charge >= 0.3 is 0 Å². The molecule has 0 saturated heterocycles. The number of pyridine rings is 1. The Hall–Kier alpha value is -4.07. The van der Waals surface area contributed by atoms with E-state index in [9.17, 15) is 31.5 Å². The lowest BCUT2D eigenvalue weighted by Crippen LogP contribution is -2.35. The van der Waals surface area contributed by atoms with Gasteiger partial charge in [-0.15, -0.1) is 0 Å². The third-order valence-corrected chi connectivity index (χ3v) is 8.14. The number of methoxy groups -OCH3 is 1. The van der Waals surface area contributed by atoms with Gasteiger partial charge in [0.05, 0.1) is 17.5 Å². The molecule has 216 valence electrons. The zero-order chi connectivity index (χ0) is 29.9. The normalized spacial score (nSPS) is 12.4. The smallest absolute Gasteiger partial charge is 0.277 e. The highest BCUT2D eigenvalue weighted by Crippen LogP contribution is 2.30. The van der Waals surface area contributed by atoms with E-state index in [1.54, 1.807) is 13.0 Å². The Morgan fingerprint density at radius 2 is 1.71 bits per heavy atom. The molecule has 0 fully saturated rings. The Labute approximate surface area is 233 Å². The summed E-state index contributed by atoms with van der Waals surface area (Å²) in [6, 6.07) is 8.19. The summed E-state index contributed by atoms with van der Waals surface area (Å²) in [5.41, 5.74) is -0.00345. The van der Waals surface area contributed by atoms with Gasteiger partial charge in [0.25, 0.3) is 5.56 Å². The predicted octanol–water partition coefficient (Wildman–Crippen LogP) is 4.34. The van der Waals surface area contributed by atoms with E-state index < -0.39 is 49.8 Å². The lowest BCUT2D eigenvalue weighted by molar-refractivity contribution is 0.116. The second kappa shape index (κ2) is 12.2. The van der Waals surface area contributed by atoms with Crippen molar-refractivity contribution >= 4 is 9.84 Å². The van der Waals surface area contributed by atoms with Crippen LogP contribution >= 0.6 is 0 Å². The van der Waals surface area contributed by atoms with Crippen LogP contribution in [-0.2, 0) is 25.9 Å². The van der Waals surface area contributed by atoms with E-state index in [0.717, 1.165) is 16.7 Å². The molecule has 2 heterocycles. The zero-order valence-electron chi connectivity index (χ0n) is 22.3. The van der Waals surface area contributed by atoms with E-state index in [-0.39, 0.29) is 41.7 Å². The number of sulfone groups is 1. The number of nitrogens with zero attached hydrogens (tertiary/aromatic N) is 3. The highest BCUT2D eigenvalue weighted by atomic mass is 32.2. The highest BCUT2D eigenvalue weighted by Gasteiger charge is 2.32. The number of hydrogen-bond donors (Lipinski definition) is 1. The van der Waals surface area contributed by atoms with Gasteiger partial charge in [-0.3, -0.25) is 9.36 Å². The van der Waals surface area contributed by atoms with Crippen LogP contribution in [0.3, 0.4) is 0 Å². The molecule has 0 saturated carbocycles. The van der Waals surface area contributed by atoms with E-state index in [1.165, 1.54) is 44.5 Å². The fourth-order valence-corrected chi connectivity index (χ4v) is 5.74. The predicted molar refractivity (Wildman–Crippen MR) is 142 cm³/mol. The van der Waals surface area contributed by atoms with Crippen molar-refractivity contribution in [2.24, 2.45) is 0 Å². The lowest BCUT2D eigenvalue weighted by Gasteiger charge is -2.24. The Balaban J connectivity index is 1.90. The minimum absolute atomic E-state index is 0.0376. The van der Waals surface area contributed by atoms with Crippen molar-refractivity contribution in [1.29, 1.82) is 0 Å². The number of aromatic nitrogens is 3. The van der Waals surface area contributed by atoms with Crippen LogP contribution in [0.1, 0.15) is 29.9 Å². The molecule has 41 heavy (non-hydrogen) atoms. The number of rotatable bonds is 10. The van der Waals surface area contributed by atoms with Crippen LogP contribution < -0.4 is 5.56 Å². The van der Waals surface area contributed by atoms with Gasteiger partial charge < -0.3 is 14.6 Å². The number of halogens is 3. The average molecular weight is 590 g/mol. The molecule has 4 rings (SSSR count). The van der Waals surface area contributed by atoms with Crippen molar-refractivity contribution in [3.05, 3.63) is 99.6 Å². The SMILES string of the molecule is CCOCc1nc(O)c(S(=O)(=O)c2ccc(-c3ccnc(F)c3C)cc2)c(=O)n1C(COC)c1cc(F)cc(F)c1. The van der Waals surface area contributed by atoms with Crippen LogP contribution in [0.25, 0.3) is 11.1 Å². The van der Waals surface area contributed by atoms with Gasteiger partial charge in [0, 0.05) is 31.5 Å². The summed E-state index contributed by atoms with van der Waals surface area (Å²) < 4.78 is 81.0. The fraction of sp³-hybridized carbons (Fsp3) is 0.250. The molecule has 0 bridgehead atoms. The van der Waals surface area contributed by atoms with E-state index in [4.69, 9.17) is 9.47 Å². The Morgan fingerprint density at radius 3 is 2.32 bits per heavy atom. The summed E-state index contributed by atoms with van der Waals surface area (Å²) in [5.74, 6) is -3.79. The molecular weight excluding hydrogens is 563 g/mol. The van der Waals surface area contributed by atoms with Crippen molar-refractivity contribution in [1.82, 2.24) is 14.5 Å². The maximum Gasteiger partial charge on any atom is 0.277 e. The Morgan fingerprint density at radius 1 is 1.05 bits per heavy atom. The highest BCUT2D eigenvalue weighted by molar-refractivity contribution is 7.91. The van der Waals surface area contributed by atoms with Crippen LogP contribution in [0.2, 0.25) is 0 Å². The molecule has 1 N–H and O–H groups in total. The molecule has 0 spiro atoms. The molecule has 4 aromatic rings. The first-order valence-corrected chi connectivity index (χ1v) is 13.8. The van der Waals surface area contributed by atoms with Gasteiger partial charge in [0.2, 0.25) is 21.7 Å². The van der Waals surface area contributed by atoms with Gasteiger partial charge in [0.1, 0.15) is 24.1 Å². The van der Waals surface area contributed by atoms with Crippen molar-refractivity contribution in [2.45, 2.75) is 36.3 Å². The molecule has 0 radical (unpaired) electrons. The molecule has 9 nitrogen and oxygen atoms in total. The second-order valence-corrected chi connectivity index (χ2v) is 10.9. The summed E-state index contributed by atoms with van der Waals surface area (Å²) in [6.07, 6.45) is 1.28. The molecule has 0 aliphatic carbocycles. The van der Waals surface area contributed by atoms with Gasteiger partial charge in [-0.1, -0.05) is 12.1 Å². The molecule has 13 heteroatoms. The fourth-order valence-electron chi connectivity index (χ4n) is 4.40. The van der Waals surface area contributed by atoms with Crippen LogP contribution in [-0.4, -0.2) is 48.4 Å². The quantitative estimate of drug-likeness (QED) is 0.271. The summed E-state index contributed by atoms with van der Waals surface area (Å²) in [6.45, 7) is 2.76. The lowest BCUT2D eigenvalue weighted by atomic mass is 10.0. The zero-order valence-corrected chi connectivity index (χ0v) is 23.1. The first-order chi connectivity index (χ1) is 19.5. The first kappa shape index (κ1) is 29.9. The summed E-state index contributed by atoms with van der Waals surface area (Å²) in [4.78, 5) is 20.0. The topological polar surface area (TPSA) is 121 Å². The maximum atomic E-state index is 14.1. The van der Waals surface area contributed by atoms with Crippen LogP contribution in [0.15, 0.2) is 69.3 Å². The molecular formula is C28H26F3N3O6S. The summed E-state index contributed by atoms with van der Waals surface area (Å²) in [7, 11) is -3.40. The molecule has 0 amide bonds. The third-order valence-electron chi connectivity index (χ3n) is 6.36. The van der Waals surface area contributed by atoms with E-state index >= 15 is 0 Å². The molecule has 2 aromatic carbocycles. The Bertz CT molecular complexity index is 1720. The maximum absolute atomic E-state index is 14.1.